The van der Waals surface area contributed by atoms with Crippen LogP contribution in [0.2, 0.25) is 0 Å². The molecule has 5 nitrogen and oxygen atoms in total. The Labute approximate surface area is 76.2 Å². The third kappa shape index (κ3) is 1.86. The fourth-order valence-corrected chi connectivity index (χ4v) is 1.28. The molecule has 0 aliphatic carbocycles. The molecule has 0 aliphatic rings. The molecule has 0 aromatic carbocycles. The molecule has 0 aliphatic heterocycles. The van der Waals surface area contributed by atoms with Crippen LogP contribution in [0, 0.1) is 6.92 Å². The molecular formula is C8H13N3O2. The van der Waals surface area contributed by atoms with Crippen molar-refractivity contribution in [3.05, 3.63) is 17.7 Å². The largest absolute Gasteiger partial charge is 0.481 e. The average Bonchev–Trinajstić information content (AvgIpc) is 2.31. The van der Waals surface area contributed by atoms with Gasteiger partial charge < -0.3 is 15.4 Å². The van der Waals surface area contributed by atoms with Gasteiger partial charge in [-0.15, -0.1) is 0 Å². The first kappa shape index (κ1) is 9.73. The average molecular weight is 183 g/mol. The Kier molecular flexibility index (Phi) is 2.67. The van der Waals surface area contributed by atoms with Crippen LogP contribution in [0.25, 0.3) is 0 Å². The van der Waals surface area contributed by atoms with Crippen LogP contribution in [0.5, 0.6) is 0 Å². The van der Waals surface area contributed by atoms with Crippen LogP contribution in [0.15, 0.2) is 6.20 Å². The van der Waals surface area contributed by atoms with Gasteiger partial charge in [-0.1, -0.05) is 0 Å². The predicted molar refractivity (Wildman–Crippen MR) is 47.4 cm³/mol. The van der Waals surface area contributed by atoms with E-state index in [1.165, 1.54) is 0 Å². The first-order chi connectivity index (χ1) is 6.06. The number of carboxylic acid groups (broad SMARTS) is 1. The second-order valence-corrected chi connectivity index (χ2v) is 2.98. The van der Waals surface area contributed by atoms with Crippen LogP contribution in [-0.2, 0) is 11.8 Å². The molecular weight excluding hydrogens is 170 g/mol. The fraction of sp³-hybridized carbons (Fsp3) is 0.500. The molecule has 1 rings (SSSR count). The maximum atomic E-state index is 10.8. The van der Waals surface area contributed by atoms with Crippen molar-refractivity contribution >= 4 is 5.97 Å². The molecule has 1 aromatic heterocycles. The Morgan fingerprint density at radius 2 is 2.46 bits per heavy atom. The first-order valence-electron chi connectivity index (χ1n) is 3.99. The zero-order chi connectivity index (χ0) is 10.0. The van der Waals surface area contributed by atoms with E-state index >= 15 is 0 Å². The highest BCUT2D eigenvalue weighted by molar-refractivity contribution is 5.75. The second-order valence-electron chi connectivity index (χ2n) is 2.98. The van der Waals surface area contributed by atoms with Crippen molar-refractivity contribution in [3.63, 3.8) is 0 Å². The summed E-state index contributed by atoms with van der Waals surface area (Å²) in [5, 5.41) is 8.83. The zero-order valence-corrected chi connectivity index (χ0v) is 7.69. The van der Waals surface area contributed by atoms with Gasteiger partial charge in [0.15, 0.2) is 0 Å². The quantitative estimate of drug-likeness (QED) is 0.683. The van der Waals surface area contributed by atoms with Crippen molar-refractivity contribution in [1.29, 1.82) is 0 Å². The molecule has 1 unspecified atom stereocenters. The molecule has 0 saturated carbocycles. The van der Waals surface area contributed by atoms with Crippen molar-refractivity contribution in [3.8, 4) is 0 Å². The van der Waals surface area contributed by atoms with Gasteiger partial charge in [-0.05, 0) is 6.92 Å². The number of hydrogen-bond donors (Lipinski definition) is 2. The van der Waals surface area contributed by atoms with E-state index in [1.807, 2.05) is 6.92 Å². The molecule has 0 bridgehead atoms. The van der Waals surface area contributed by atoms with E-state index in [9.17, 15) is 4.79 Å². The van der Waals surface area contributed by atoms with Gasteiger partial charge in [0.25, 0.3) is 0 Å². The molecule has 0 fully saturated rings. The van der Waals surface area contributed by atoms with Crippen molar-refractivity contribution in [2.75, 3.05) is 6.54 Å². The summed E-state index contributed by atoms with van der Waals surface area (Å²) in [5.41, 5.74) is 6.15. The third-order valence-corrected chi connectivity index (χ3v) is 1.88. The van der Waals surface area contributed by atoms with Crippen LogP contribution in [0.3, 0.4) is 0 Å². The van der Waals surface area contributed by atoms with E-state index in [0.29, 0.717) is 5.82 Å². The van der Waals surface area contributed by atoms with Gasteiger partial charge in [0, 0.05) is 19.8 Å². The lowest BCUT2D eigenvalue weighted by Crippen LogP contribution is -2.24. The number of nitrogens with two attached hydrogens (primary N) is 1. The minimum Gasteiger partial charge on any atom is -0.481 e. The third-order valence-electron chi connectivity index (χ3n) is 1.88. The minimum atomic E-state index is -0.934. The van der Waals surface area contributed by atoms with E-state index in [2.05, 4.69) is 4.98 Å². The predicted octanol–water partition coefficient (Wildman–Crippen LogP) is -0.145. The molecule has 1 heterocycles. The number of rotatable bonds is 3. The molecule has 1 atom stereocenters. The fourth-order valence-electron chi connectivity index (χ4n) is 1.28. The smallest absolute Gasteiger partial charge is 0.315 e. The molecule has 72 valence electrons. The van der Waals surface area contributed by atoms with E-state index in [4.69, 9.17) is 10.8 Å². The van der Waals surface area contributed by atoms with Gasteiger partial charge >= 0.3 is 5.97 Å². The summed E-state index contributed by atoms with van der Waals surface area (Å²) in [4.78, 5) is 14.9. The highest BCUT2D eigenvalue weighted by Crippen LogP contribution is 2.13. The molecule has 0 amide bonds. The van der Waals surface area contributed by atoms with Crippen LogP contribution in [0.1, 0.15) is 17.4 Å². The highest BCUT2D eigenvalue weighted by atomic mass is 16.4. The highest BCUT2D eigenvalue weighted by Gasteiger charge is 2.22. The second kappa shape index (κ2) is 3.57. The molecule has 0 saturated heterocycles. The summed E-state index contributed by atoms with van der Waals surface area (Å²) in [6, 6.07) is 0. The van der Waals surface area contributed by atoms with Gasteiger partial charge in [0.05, 0.1) is 5.69 Å². The number of nitrogens with zero attached hydrogens (tertiary/aromatic N) is 2. The Bertz CT molecular complexity index is 319. The molecule has 1 aromatic rings. The van der Waals surface area contributed by atoms with Gasteiger partial charge in [-0.3, -0.25) is 4.79 Å². The monoisotopic (exact) mass is 183 g/mol. The van der Waals surface area contributed by atoms with Crippen LogP contribution in [-0.4, -0.2) is 27.2 Å². The summed E-state index contributed by atoms with van der Waals surface area (Å²) < 4.78 is 1.70. The molecule has 3 N–H and O–H groups in total. The van der Waals surface area contributed by atoms with Gasteiger partial charge in [-0.2, -0.15) is 0 Å². The SMILES string of the molecule is Cc1cn(C)c(C(CN)C(=O)O)n1. The van der Waals surface area contributed by atoms with E-state index in [1.54, 1.807) is 17.8 Å². The molecule has 0 spiro atoms. The first-order valence-corrected chi connectivity index (χ1v) is 3.99. The van der Waals surface area contributed by atoms with Crippen molar-refractivity contribution in [2.24, 2.45) is 12.8 Å². The van der Waals surface area contributed by atoms with E-state index < -0.39 is 11.9 Å². The number of hydrogen-bond acceptors (Lipinski definition) is 3. The standard InChI is InChI=1S/C8H13N3O2/c1-5-4-11(2)7(10-5)6(3-9)8(12)13/h4,6H,3,9H2,1-2H3,(H,12,13). The lowest BCUT2D eigenvalue weighted by Gasteiger charge is -2.08. The van der Waals surface area contributed by atoms with Crippen molar-refractivity contribution < 1.29 is 9.90 Å². The number of aryl methyl sites for hydroxylation is 2. The molecule has 5 heteroatoms. The lowest BCUT2D eigenvalue weighted by atomic mass is 10.1. The van der Waals surface area contributed by atoms with Crippen molar-refractivity contribution in [1.82, 2.24) is 9.55 Å². The number of carbonyl (C=O) groups is 1. The summed E-state index contributed by atoms with van der Waals surface area (Å²) in [6.07, 6.45) is 1.78. The number of imidazole rings is 1. The number of aromatic nitrogens is 2. The van der Waals surface area contributed by atoms with Crippen LogP contribution < -0.4 is 5.73 Å². The lowest BCUT2D eigenvalue weighted by molar-refractivity contribution is -0.138. The number of aliphatic carboxylic acids is 1. The summed E-state index contributed by atoms with van der Waals surface area (Å²) in [5.74, 6) is -1.14. The van der Waals surface area contributed by atoms with E-state index in [-0.39, 0.29) is 6.54 Å². The Hall–Kier alpha value is -1.36. The van der Waals surface area contributed by atoms with Crippen molar-refractivity contribution in [2.45, 2.75) is 12.8 Å². The molecule has 0 radical (unpaired) electrons. The topological polar surface area (TPSA) is 81.1 Å². The van der Waals surface area contributed by atoms with Crippen LogP contribution in [0.4, 0.5) is 0 Å². The normalized spacial score (nSPS) is 12.8. The molecule has 13 heavy (non-hydrogen) atoms. The minimum absolute atomic E-state index is 0.0691. The summed E-state index contributed by atoms with van der Waals surface area (Å²) >= 11 is 0. The summed E-state index contributed by atoms with van der Waals surface area (Å²) in [6.45, 7) is 1.89. The maximum Gasteiger partial charge on any atom is 0.315 e. The Morgan fingerprint density at radius 3 is 2.77 bits per heavy atom. The Balaban J connectivity index is 3.04. The van der Waals surface area contributed by atoms with Gasteiger partial charge in [0.1, 0.15) is 11.7 Å². The maximum absolute atomic E-state index is 10.8. The zero-order valence-electron chi connectivity index (χ0n) is 7.69. The number of carboxylic acids is 1. The van der Waals surface area contributed by atoms with Gasteiger partial charge in [-0.25, -0.2) is 4.98 Å². The van der Waals surface area contributed by atoms with Gasteiger partial charge in [0.2, 0.25) is 0 Å². The van der Waals surface area contributed by atoms with Crippen LogP contribution >= 0.6 is 0 Å². The summed E-state index contributed by atoms with van der Waals surface area (Å²) in [7, 11) is 1.76. The van der Waals surface area contributed by atoms with E-state index in [0.717, 1.165) is 5.69 Å². The Morgan fingerprint density at radius 1 is 1.85 bits per heavy atom.